The number of methoxy groups -OCH3 is 2. The smallest absolute Gasteiger partial charge is 0.308 e. The lowest BCUT2D eigenvalue weighted by molar-refractivity contribution is -0.146. The van der Waals surface area contributed by atoms with Crippen LogP contribution in [0.25, 0.3) is 0 Å². The van der Waals surface area contributed by atoms with E-state index in [0.717, 1.165) is 19.3 Å². The molecule has 0 aromatic carbocycles. The van der Waals surface area contributed by atoms with Gasteiger partial charge in [-0.05, 0) is 18.8 Å². The second kappa shape index (κ2) is 18.3. The Labute approximate surface area is 167 Å². The van der Waals surface area contributed by atoms with Crippen LogP contribution in [0.4, 0.5) is 0 Å². The van der Waals surface area contributed by atoms with Crippen molar-refractivity contribution < 1.29 is 19.1 Å². The monoisotopic (exact) mass is 384 g/mol. The highest BCUT2D eigenvalue weighted by molar-refractivity contribution is 5.72. The van der Waals surface area contributed by atoms with Crippen LogP contribution in [-0.2, 0) is 19.1 Å². The minimum Gasteiger partial charge on any atom is -0.469 e. The van der Waals surface area contributed by atoms with Gasteiger partial charge in [0, 0.05) is 6.42 Å². The number of hydrogen-bond acceptors (Lipinski definition) is 4. The minimum absolute atomic E-state index is 0.0165. The van der Waals surface area contributed by atoms with Crippen molar-refractivity contribution >= 4 is 11.9 Å². The molecule has 0 aromatic rings. The fourth-order valence-electron chi connectivity index (χ4n) is 3.45. The van der Waals surface area contributed by atoms with Crippen LogP contribution < -0.4 is 0 Å². The van der Waals surface area contributed by atoms with Crippen molar-refractivity contribution in [1.82, 2.24) is 0 Å². The summed E-state index contributed by atoms with van der Waals surface area (Å²) in [5, 5.41) is 0. The van der Waals surface area contributed by atoms with E-state index in [4.69, 9.17) is 4.74 Å². The first-order chi connectivity index (χ1) is 13.0. The molecule has 0 spiro atoms. The van der Waals surface area contributed by atoms with E-state index in [9.17, 15) is 9.59 Å². The third kappa shape index (κ3) is 15.7. The summed E-state index contributed by atoms with van der Waals surface area (Å²) in [6, 6.07) is 0. The largest absolute Gasteiger partial charge is 0.469 e. The van der Waals surface area contributed by atoms with E-state index in [2.05, 4.69) is 11.7 Å². The fraction of sp³-hybridized carbons (Fsp3) is 0.913. The molecule has 0 saturated carbocycles. The molecule has 0 aliphatic carbocycles. The van der Waals surface area contributed by atoms with Crippen LogP contribution in [-0.4, -0.2) is 26.2 Å². The lowest BCUT2D eigenvalue weighted by Crippen LogP contribution is -2.20. The Balaban J connectivity index is 3.25. The summed E-state index contributed by atoms with van der Waals surface area (Å²) in [5.74, 6) is 0.268. The molecule has 0 rings (SSSR count). The fourth-order valence-corrected chi connectivity index (χ4v) is 3.45. The van der Waals surface area contributed by atoms with Crippen molar-refractivity contribution in [3.63, 3.8) is 0 Å². The zero-order chi connectivity index (χ0) is 20.3. The average Bonchev–Trinajstić information content (AvgIpc) is 2.68. The molecule has 0 fully saturated rings. The van der Waals surface area contributed by atoms with Gasteiger partial charge in [-0.2, -0.15) is 0 Å². The van der Waals surface area contributed by atoms with Crippen molar-refractivity contribution in [2.24, 2.45) is 11.8 Å². The number of unbranched alkanes of at least 4 members (excludes halogenated alkanes) is 12. The second-order valence-corrected chi connectivity index (χ2v) is 8.00. The molecule has 160 valence electrons. The molecule has 0 radical (unpaired) electrons. The van der Waals surface area contributed by atoms with Gasteiger partial charge >= 0.3 is 11.9 Å². The van der Waals surface area contributed by atoms with Crippen LogP contribution >= 0.6 is 0 Å². The zero-order valence-corrected chi connectivity index (χ0v) is 18.4. The predicted molar refractivity (Wildman–Crippen MR) is 112 cm³/mol. The van der Waals surface area contributed by atoms with Crippen LogP contribution in [0.15, 0.2) is 0 Å². The Morgan fingerprint density at radius 1 is 0.630 bits per heavy atom. The molecular formula is C23H44O4. The standard InChI is InChI=1S/C23H44O4/c1-20(21(2)23(25)27-4)18-16-14-12-10-8-6-5-7-9-11-13-15-17-19-22(24)26-3/h20-21H,5-19H2,1-4H3. The highest BCUT2D eigenvalue weighted by Gasteiger charge is 2.19. The van der Waals surface area contributed by atoms with E-state index in [0.29, 0.717) is 12.3 Å². The molecule has 4 heteroatoms. The highest BCUT2D eigenvalue weighted by atomic mass is 16.5. The quantitative estimate of drug-likeness (QED) is 0.201. The maximum Gasteiger partial charge on any atom is 0.308 e. The molecule has 0 amide bonds. The summed E-state index contributed by atoms with van der Waals surface area (Å²) in [5.41, 5.74) is 0. The third-order valence-electron chi connectivity index (χ3n) is 5.69. The molecule has 0 N–H and O–H groups in total. The predicted octanol–water partition coefficient (Wildman–Crippen LogP) is 6.46. The molecule has 0 aromatic heterocycles. The van der Waals surface area contributed by atoms with E-state index in [1.165, 1.54) is 84.8 Å². The third-order valence-corrected chi connectivity index (χ3v) is 5.69. The van der Waals surface area contributed by atoms with Crippen molar-refractivity contribution in [3.05, 3.63) is 0 Å². The van der Waals surface area contributed by atoms with Gasteiger partial charge in [-0.3, -0.25) is 9.59 Å². The van der Waals surface area contributed by atoms with E-state index in [-0.39, 0.29) is 17.9 Å². The number of esters is 2. The molecule has 0 heterocycles. The normalized spacial score (nSPS) is 13.2. The SMILES string of the molecule is COC(=O)CCCCCCCCCCCCCCCC(C)C(C)C(=O)OC. The first kappa shape index (κ1) is 25.9. The number of carbonyl (C=O) groups is 2. The number of rotatable bonds is 18. The van der Waals surface area contributed by atoms with Crippen LogP contribution in [0.2, 0.25) is 0 Å². The minimum atomic E-state index is -0.0831. The molecule has 4 nitrogen and oxygen atoms in total. The molecule has 0 aliphatic rings. The molecule has 27 heavy (non-hydrogen) atoms. The molecule has 0 bridgehead atoms. The van der Waals surface area contributed by atoms with E-state index >= 15 is 0 Å². The van der Waals surface area contributed by atoms with Crippen molar-refractivity contribution in [2.45, 2.75) is 110 Å². The van der Waals surface area contributed by atoms with Gasteiger partial charge in [0.15, 0.2) is 0 Å². The Morgan fingerprint density at radius 2 is 1.04 bits per heavy atom. The van der Waals surface area contributed by atoms with E-state index in [1.807, 2.05) is 6.92 Å². The Hall–Kier alpha value is -1.06. The van der Waals surface area contributed by atoms with Crippen molar-refractivity contribution in [1.29, 1.82) is 0 Å². The molecule has 2 atom stereocenters. The van der Waals surface area contributed by atoms with Crippen LogP contribution in [0.1, 0.15) is 110 Å². The van der Waals surface area contributed by atoms with E-state index in [1.54, 1.807) is 0 Å². The molecule has 0 aliphatic heterocycles. The molecule has 2 unspecified atom stereocenters. The van der Waals surface area contributed by atoms with Gasteiger partial charge in [0.25, 0.3) is 0 Å². The van der Waals surface area contributed by atoms with Crippen LogP contribution in [0.5, 0.6) is 0 Å². The Bertz CT molecular complexity index is 367. The molecule has 0 saturated heterocycles. The van der Waals surface area contributed by atoms with Crippen molar-refractivity contribution in [3.8, 4) is 0 Å². The molecular weight excluding hydrogens is 340 g/mol. The van der Waals surface area contributed by atoms with E-state index < -0.39 is 0 Å². The van der Waals surface area contributed by atoms with Gasteiger partial charge in [0.2, 0.25) is 0 Å². The zero-order valence-electron chi connectivity index (χ0n) is 18.4. The Morgan fingerprint density at radius 3 is 1.44 bits per heavy atom. The highest BCUT2D eigenvalue weighted by Crippen LogP contribution is 2.20. The summed E-state index contributed by atoms with van der Waals surface area (Å²) >= 11 is 0. The van der Waals surface area contributed by atoms with Crippen LogP contribution in [0.3, 0.4) is 0 Å². The number of carbonyl (C=O) groups excluding carboxylic acids is 2. The summed E-state index contributed by atoms with van der Waals surface area (Å²) in [6.45, 7) is 4.12. The number of hydrogen-bond donors (Lipinski definition) is 0. The number of ether oxygens (including phenoxy) is 2. The van der Waals surface area contributed by atoms with Gasteiger partial charge < -0.3 is 9.47 Å². The topological polar surface area (TPSA) is 52.6 Å². The maximum atomic E-state index is 11.5. The lowest BCUT2D eigenvalue weighted by Gasteiger charge is -2.17. The van der Waals surface area contributed by atoms with Gasteiger partial charge in [0.1, 0.15) is 0 Å². The van der Waals surface area contributed by atoms with Gasteiger partial charge in [-0.15, -0.1) is 0 Å². The van der Waals surface area contributed by atoms with Crippen molar-refractivity contribution in [2.75, 3.05) is 14.2 Å². The summed E-state index contributed by atoms with van der Waals surface area (Å²) < 4.78 is 9.45. The summed E-state index contributed by atoms with van der Waals surface area (Å²) in [4.78, 5) is 22.5. The average molecular weight is 385 g/mol. The van der Waals surface area contributed by atoms with Crippen LogP contribution in [0, 0.1) is 11.8 Å². The second-order valence-electron chi connectivity index (χ2n) is 8.00. The Kier molecular flexibility index (Phi) is 17.6. The summed E-state index contributed by atoms with van der Waals surface area (Å²) in [6.07, 6.45) is 18.2. The van der Waals surface area contributed by atoms with Gasteiger partial charge in [0.05, 0.1) is 20.1 Å². The van der Waals surface area contributed by atoms with Gasteiger partial charge in [-0.25, -0.2) is 0 Å². The summed E-state index contributed by atoms with van der Waals surface area (Å²) in [7, 11) is 2.93. The maximum absolute atomic E-state index is 11.5. The first-order valence-corrected chi connectivity index (χ1v) is 11.2. The first-order valence-electron chi connectivity index (χ1n) is 11.2. The lowest BCUT2D eigenvalue weighted by atomic mass is 9.90. The van der Waals surface area contributed by atoms with Gasteiger partial charge in [-0.1, -0.05) is 90.9 Å².